The van der Waals surface area contributed by atoms with Gasteiger partial charge in [-0.25, -0.2) is 9.07 Å². The maximum atomic E-state index is 14.2. The predicted molar refractivity (Wildman–Crippen MR) is 87.4 cm³/mol. The highest BCUT2D eigenvalue weighted by Crippen LogP contribution is 2.34. The van der Waals surface area contributed by atoms with Crippen LogP contribution in [0.1, 0.15) is 27.0 Å². The van der Waals surface area contributed by atoms with Crippen molar-refractivity contribution in [2.75, 3.05) is 6.61 Å². The summed E-state index contributed by atoms with van der Waals surface area (Å²) in [7, 11) is 0. The summed E-state index contributed by atoms with van der Waals surface area (Å²) in [5, 5.41) is 4.20. The standard InChI is InChI=1S/C19H15FN2O2/c20-18-15(12-23)11-14(19-17(18)6-9-24-19)10-13-2-4-16(5-3-13)22-8-1-7-21-22/h1-5,7-8,11-12H,6,9-10H2. The van der Waals surface area contributed by atoms with Gasteiger partial charge in [-0.05, 0) is 35.4 Å². The number of carbonyl (C=O) groups is 1. The van der Waals surface area contributed by atoms with Crippen LogP contribution in [-0.4, -0.2) is 22.7 Å². The van der Waals surface area contributed by atoms with Crippen LogP contribution in [0, 0.1) is 5.82 Å². The first-order valence-electron chi connectivity index (χ1n) is 7.77. The summed E-state index contributed by atoms with van der Waals surface area (Å²) in [5.41, 5.74) is 3.49. The predicted octanol–water partition coefficient (Wildman–Crippen LogP) is 3.35. The zero-order valence-electron chi connectivity index (χ0n) is 12.9. The summed E-state index contributed by atoms with van der Waals surface area (Å²) in [6.07, 6.45) is 5.27. The minimum Gasteiger partial charge on any atom is -0.493 e. The number of ether oxygens (including phenoxy) is 1. The normalized spacial score (nSPS) is 12.7. The van der Waals surface area contributed by atoms with Gasteiger partial charge in [0, 0.05) is 30.8 Å². The lowest BCUT2D eigenvalue weighted by molar-refractivity contribution is 0.111. The van der Waals surface area contributed by atoms with Crippen LogP contribution in [0.4, 0.5) is 4.39 Å². The summed E-state index contributed by atoms with van der Waals surface area (Å²) in [6, 6.07) is 11.4. The number of halogens is 1. The number of nitrogens with zero attached hydrogens (tertiary/aromatic N) is 2. The molecule has 24 heavy (non-hydrogen) atoms. The second-order valence-electron chi connectivity index (χ2n) is 5.76. The van der Waals surface area contributed by atoms with Gasteiger partial charge < -0.3 is 4.74 Å². The van der Waals surface area contributed by atoms with E-state index >= 15 is 0 Å². The van der Waals surface area contributed by atoms with E-state index in [9.17, 15) is 9.18 Å². The van der Waals surface area contributed by atoms with Crippen LogP contribution in [0.2, 0.25) is 0 Å². The van der Waals surface area contributed by atoms with Crippen molar-refractivity contribution < 1.29 is 13.9 Å². The van der Waals surface area contributed by atoms with Gasteiger partial charge in [0.25, 0.3) is 0 Å². The van der Waals surface area contributed by atoms with E-state index in [-0.39, 0.29) is 5.56 Å². The number of aromatic nitrogens is 2. The molecule has 120 valence electrons. The molecule has 1 aromatic heterocycles. The van der Waals surface area contributed by atoms with Crippen molar-refractivity contribution >= 4 is 6.29 Å². The number of rotatable bonds is 4. The van der Waals surface area contributed by atoms with Crippen LogP contribution >= 0.6 is 0 Å². The van der Waals surface area contributed by atoms with Gasteiger partial charge in [0.15, 0.2) is 6.29 Å². The number of benzene rings is 2. The van der Waals surface area contributed by atoms with E-state index < -0.39 is 5.82 Å². The monoisotopic (exact) mass is 322 g/mol. The Bertz CT molecular complexity index is 887. The Hall–Kier alpha value is -2.95. The molecule has 2 aromatic carbocycles. The second-order valence-corrected chi connectivity index (χ2v) is 5.76. The molecule has 0 spiro atoms. The minimum atomic E-state index is -0.449. The van der Waals surface area contributed by atoms with Gasteiger partial charge in [-0.1, -0.05) is 12.1 Å². The van der Waals surface area contributed by atoms with Gasteiger partial charge >= 0.3 is 0 Å². The molecule has 0 radical (unpaired) electrons. The van der Waals surface area contributed by atoms with E-state index in [1.165, 1.54) is 0 Å². The van der Waals surface area contributed by atoms with Crippen molar-refractivity contribution in [3.8, 4) is 11.4 Å². The Kier molecular flexibility index (Phi) is 3.61. The van der Waals surface area contributed by atoms with Gasteiger partial charge in [-0.15, -0.1) is 0 Å². The van der Waals surface area contributed by atoms with E-state index in [4.69, 9.17) is 4.74 Å². The first-order valence-corrected chi connectivity index (χ1v) is 7.77. The Morgan fingerprint density at radius 3 is 2.83 bits per heavy atom. The van der Waals surface area contributed by atoms with Gasteiger partial charge in [-0.2, -0.15) is 5.10 Å². The topological polar surface area (TPSA) is 44.1 Å². The van der Waals surface area contributed by atoms with Gasteiger partial charge in [0.05, 0.1) is 17.9 Å². The molecule has 4 nitrogen and oxygen atoms in total. The summed E-state index contributed by atoms with van der Waals surface area (Å²) >= 11 is 0. The Balaban J connectivity index is 1.66. The average Bonchev–Trinajstić information content (AvgIpc) is 3.29. The number of carbonyl (C=O) groups excluding carboxylic acids is 1. The number of fused-ring (bicyclic) bond motifs is 1. The summed E-state index contributed by atoms with van der Waals surface area (Å²) in [4.78, 5) is 11.1. The van der Waals surface area contributed by atoms with E-state index in [2.05, 4.69) is 5.10 Å². The highest BCUT2D eigenvalue weighted by molar-refractivity contribution is 5.77. The summed E-state index contributed by atoms with van der Waals surface area (Å²) in [6.45, 7) is 0.458. The molecule has 1 aliphatic rings. The third kappa shape index (κ3) is 2.48. The van der Waals surface area contributed by atoms with Crippen molar-refractivity contribution in [1.82, 2.24) is 9.78 Å². The maximum Gasteiger partial charge on any atom is 0.153 e. The number of hydrogen-bond donors (Lipinski definition) is 0. The first kappa shape index (κ1) is 14.6. The van der Waals surface area contributed by atoms with Gasteiger partial charge in [0.2, 0.25) is 0 Å². The van der Waals surface area contributed by atoms with E-state index in [1.54, 1.807) is 16.9 Å². The minimum absolute atomic E-state index is 0.0995. The van der Waals surface area contributed by atoms with Crippen LogP contribution in [0.5, 0.6) is 5.75 Å². The zero-order chi connectivity index (χ0) is 16.5. The van der Waals surface area contributed by atoms with Crippen molar-refractivity contribution in [1.29, 1.82) is 0 Å². The molecule has 0 amide bonds. The number of aldehydes is 1. The van der Waals surface area contributed by atoms with Gasteiger partial charge in [0.1, 0.15) is 11.6 Å². The lowest BCUT2D eigenvalue weighted by Gasteiger charge is -2.11. The molecule has 0 fully saturated rings. The molecule has 0 unspecified atom stereocenters. The molecular weight excluding hydrogens is 307 g/mol. The highest BCUT2D eigenvalue weighted by Gasteiger charge is 2.23. The Morgan fingerprint density at radius 2 is 2.12 bits per heavy atom. The fourth-order valence-corrected chi connectivity index (χ4v) is 3.07. The SMILES string of the molecule is O=Cc1cc(Cc2ccc(-n3cccn3)cc2)c2c(c1F)CCO2. The van der Waals surface area contributed by atoms with Crippen LogP contribution in [0.25, 0.3) is 5.69 Å². The van der Waals surface area contributed by atoms with Crippen molar-refractivity contribution in [3.63, 3.8) is 0 Å². The molecule has 3 aromatic rings. The van der Waals surface area contributed by atoms with Crippen molar-refractivity contribution in [2.24, 2.45) is 0 Å². The van der Waals surface area contributed by atoms with E-state index in [0.29, 0.717) is 37.0 Å². The quantitative estimate of drug-likeness (QED) is 0.692. The van der Waals surface area contributed by atoms with Crippen LogP contribution < -0.4 is 4.74 Å². The van der Waals surface area contributed by atoms with Crippen LogP contribution in [-0.2, 0) is 12.8 Å². The molecule has 0 atom stereocenters. The number of hydrogen-bond acceptors (Lipinski definition) is 3. The lowest BCUT2D eigenvalue weighted by Crippen LogP contribution is -2.00. The summed E-state index contributed by atoms with van der Waals surface area (Å²) < 4.78 is 21.6. The molecular formula is C19H15FN2O2. The Morgan fingerprint density at radius 1 is 1.29 bits per heavy atom. The van der Waals surface area contributed by atoms with Crippen LogP contribution in [0.3, 0.4) is 0 Å². The molecule has 0 bridgehead atoms. The fourth-order valence-electron chi connectivity index (χ4n) is 3.07. The van der Waals surface area contributed by atoms with Crippen molar-refractivity contribution in [3.05, 3.63) is 76.9 Å². The molecule has 0 N–H and O–H groups in total. The molecule has 0 aliphatic carbocycles. The average molecular weight is 322 g/mol. The van der Waals surface area contributed by atoms with Crippen molar-refractivity contribution in [2.45, 2.75) is 12.8 Å². The van der Waals surface area contributed by atoms with E-state index in [0.717, 1.165) is 16.8 Å². The molecule has 1 aliphatic heterocycles. The highest BCUT2D eigenvalue weighted by atomic mass is 19.1. The maximum absolute atomic E-state index is 14.2. The largest absolute Gasteiger partial charge is 0.493 e. The third-order valence-electron chi connectivity index (χ3n) is 4.24. The molecule has 0 saturated heterocycles. The van der Waals surface area contributed by atoms with Crippen LogP contribution in [0.15, 0.2) is 48.8 Å². The molecule has 2 heterocycles. The summed E-state index contributed by atoms with van der Waals surface area (Å²) in [5.74, 6) is 0.143. The van der Waals surface area contributed by atoms with Gasteiger partial charge in [-0.3, -0.25) is 4.79 Å². The zero-order valence-corrected chi connectivity index (χ0v) is 12.9. The Labute approximate surface area is 138 Å². The first-order chi connectivity index (χ1) is 11.8. The lowest BCUT2D eigenvalue weighted by atomic mass is 9.97. The molecule has 4 rings (SSSR count). The van der Waals surface area contributed by atoms with E-state index in [1.807, 2.05) is 36.5 Å². The molecule has 0 saturated carbocycles. The molecule has 5 heteroatoms. The smallest absolute Gasteiger partial charge is 0.153 e. The fraction of sp³-hybridized carbons (Fsp3) is 0.158. The second kappa shape index (κ2) is 5.92. The third-order valence-corrected chi connectivity index (χ3v) is 4.24.